The topological polar surface area (TPSA) is 83.5 Å². The summed E-state index contributed by atoms with van der Waals surface area (Å²) in [5.74, 6) is 1.41. The van der Waals surface area contributed by atoms with Crippen molar-refractivity contribution in [3.63, 3.8) is 0 Å². The molecular weight excluding hydrogens is 342 g/mol. The van der Waals surface area contributed by atoms with Crippen LogP contribution in [0.3, 0.4) is 0 Å². The number of pyridine rings is 1. The lowest BCUT2D eigenvalue weighted by molar-refractivity contribution is 0.0642. The third-order valence-electron chi connectivity index (χ3n) is 4.81. The number of carbonyl (C=O) groups excluding carboxylic acids is 1. The van der Waals surface area contributed by atoms with Crippen molar-refractivity contribution in [2.24, 2.45) is 5.92 Å². The second kappa shape index (κ2) is 8.86. The van der Waals surface area contributed by atoms with Crippen molar-refractivity contribution >= 4 is 17.4 Å². The third kappa shape index (κ3) is 5.20. The van der Waals surface area contributed by atoms with Gasteiger partial charge in [-0.2, -0.15) is 0 Å². The summed E-state index contributed by atoms with van der Waals surface area (Å²) in [7, 11) is 0. The smallest absolute Gasteiger partial charge is 0.253 e. The SMILES string of the molecule is CC(C)c1cc(Nc2cccc(O)c2)ncc1C(=O)NCC1CCOCC1. The van der Waals surface area contributed by atoms with Gasteiger partial charge in [-0.25, -0.2) is 4.98 Å². The van der Waals surface area contributed by atoms with Crippen LogP contribution in [0.4, 0.5) is 11.5 Å². The van der Waals surface area contributed by atoms with Crippen LogP contribution in [0.5, 0.6) is 5.75 Å². The van der Waals surface area contributed by atoms with E-state index in [4.69, 9.17) is 4.74 Å². The Labute approximate surface area is 160 Å². The van der Waals surface area contributed by atoms with Gasteiger partial charge in [0.2, 0.25) is 0 Å². The van der Waals surface area contributed by atoms with Crippen molar-refractivity contribution < 1.29 is 14.6 Å². The van der Waals surface area contributed by atoms with Crippen LogP contribution < -0.4 is 10.6 Å². The fraction of sp³-hybridized carbons (Fsp3) is 0.429. The van der Waals surface area contributed by atoms with Crippen molar-refractivity contribution in [3.05, 3.63) is 47.7 Å². The molecule has 3 N–H and O–H groups in total. The molecule has 0 atom stereocenters. The van der Waals surface area contributed by atoms with E-state index in [-0.39, 0.29) is 17.6 Å². The number of nitrogens with zero attached hydrogens (tertiary/aromatic N) is 1. The number of nitrogens with one attached hydrogen (secondary N) is 2. The largest absolute Gasteiger partial charge is 0.508 e. The molecule has 0 bridgehead atoms. The zero-order valence-electron chi connectivity index (χ0n) is 15.9. The summed E-state index contributed by atoms with van der Waals surface area (Å²) in [6.07, 6.45) is 3.60. The summed E-state index contributed by atoms with van der Waals surface area (Å²) in [5.41, 5.74) is 2.30. The Kier molecular flexibility index (Phi) is 6.29. The maximum absolute atomic E-state index is 12.7. The molecule has 0 radical (unpaired) electrons. The van der Waals surface area contributed by atoms with Crippen LogP contribution in [-0.2, 0) is 4.74 Å². The number of benzene rings is 1. The average Bonchev–Trinajstić information content (AvgIpc) is 2.67. The van der Waals surface area contributed by atoms with E-state index in [2.05, 4.69) is 29.5 Å². The number of aromatic nitrogens is 1. The van der Waals surface area contributed by atoms with Gasteiger partial charge in [0.1, 0.15) is 11.6 Å². The Hall–Kier alpha value is -2.60. The average molecular weight is 369 g/mol. The fourth-order valence-electron chi connectivity index (χ4n) is 3.22. The predicted molar refractivity (Wildman–Crippen MR) is 106 cm³/mol. The van der Waals surface area contributed by atoms with Gasteiger partial charge in [-0.15, -0.1) is 0 Å². The van der Waals surface area contributed by atoms with E-state index >= 15 is 0 Å². The minimum atomic E-state index is -0.0819. The number of aromatic hydroxyl groups is 1. The van der Waals surface area contributed by atoms with Crippen LogP contribution >= 0.6 is 0 Å². The molecule has 6 nitrogen and oxygen atoms in total. The quantitative estimate of drug-likeness (QED) is 0.721. The van der Waals surface area contributed by atoms with Gasteiger partial charge in [-0.05, 0) is 48.4 Å². The number of anilines is 2. The molecule has 2 heterocycles. The molecule has 144 valence electrons. The Bertz CT molecular complexity index is 786. The Morgan fingerprint density at radius 3 is 2.78 bits per heavy atom. The molecule has 27 heavy (non-hydrogen) atoms. The summed E-state index contributed by atoms with van der Waals surface area (Å²) in [6, 6.07) is 8.76. The van der Waals surface area contributed by atoms with Gasteiger partial charge in [0.25, 0.3) is 5.91 Å². The summed E-state index contributed by atoms with van der Waals surface area (Å²) in [5, 5.41) is 15.8. The maximum Gasteiger partial charge on any atom is 0.253 e. The molecule has 0 saturated carbocycles. The third-order valence-corrected chi connectivity index (χ3v) is 4.81. The van der Waals surface area contributed by atoms with Crippen molar-refractivity contribution in [3.8, 4) is 5.75 Å². The van der Waals surface area contributed by atoms with Crippen molar-refractivity contribution in [1.29, 1.82) is 0 Å². The van der Waals surface area contributed by atoms with E-state index in [0.29, 0.717) is 23.8 Å². The maximum atomic E-state index is 12.7. The van der Waals surface area contributed by atoms with Gasteiger partial charge in [0, 0.05) is 37.7 Å². The lowest BCUT2D eigenvalue weighted by atomic mass is 9.97. The number of hydrogen-bond donors (Lipinski definition) is 3. The monoisotopic (exact) mass is 369 g/mol. The molecule has 0 spiro atoms. The first-order valence-electron chi connectivity index (χ1n) is 9.45. The normalized spacial score (nSPS) is 14.9. The van der Waals surface area contributed by atoms with Gasteiger partial charge < -0.3 is 20.5 Å². The first kappa shape index (κ1) is 19.2. The summed E-state index contributed by atoms with van der Waals surface area (Å²) >= 11 is 0. The molecule has 2 aromatic rings. The van der Waals surface area contributed by atoms with E-state index in [0.717, 1.165) is 37.3 Å². The van der Waals surface area contributed by atoms with Gasteiger partial charge >= 0.3 is 0 Å². The van der Waals surface area contributed by atoms with Crippen molar-refractivity contribution in [2.75, 3.05) is 25.1 Å². The summed E-state index contributed by atoms with van der Waals surface area (Å²) < 4.78 is 5.37. The summed E-state index contributed by atoms with van der Waals surface area (Å²) in [6.45, 7) is 6.33. The number of phenols is 1. The fourth-order valence-corrected chi connectivity index (χ4v) is 3.22. The zero-order valence-corrected chi connectivity index (χ0v) is 15.9. The number of ether oxygens (including phenoxy) is 1. The molecule has 1 amide bonds. The van der Waals surface area contributed by atoms with Crippen molar-refractivity contribution in [1.82, 2.24) is 10.3 Å². The molecule has 0 aliphatic carbocycles. The van der Waals surface area contributed by atoms with Crippen molar-refractivity contribution in [2.45, 2.75) is 32.6 Å². The van der Waals surface area contributed by atoms with Crippen LogP contribution in [0.2, 0.25) is 0 Å². The van der Waals surface area contributed by atoms with Gasteiger partial charge in [0.05, 0.1) is 5.56 Å². The number of rotatable bonds is 6. The molecule has 1 aromatic carbocycles. The molecule has 1 fully saturated rings. The number of phenolic OH excluding ortho intramolecular Hbond substituents is 1. The second-order valence-electron chi connectivity index (χ2n) is 7.25. The van der Waals surface area contributed by atoms with Crippen LogP contribution in [0.15, 0.2) is 36.5 Å². The lowest BCUT2D eigenvalue weighted by Crippen LogP contribution is -2.32. The first-order chi connectivity index (χ1) is 13.0. The van der Waals surface area contributed by atoms with E-state index < -0.39 is 0 Å². The number of hydrogen-bond acceptors (Lipinski definition) is 5. The van der Waals surface area contributed by atoms with Crippen LogP contribution in [0, 0.1) is 5.92 Å². The molecular formula is C21H27N3O3. The predicted octanol–water partition coefficient (Wildman–Crippen LogP) is 3.81. The molecule has 1 aliphatic heterocycles. The number of carbonyl (C=O) groups is 1. The molecule has 6 heteroatoms. The molecule has 1 aliphatic rings. The van der Waals surface area contributed by atoms with E-state index in [1.165, 1.54) is 0 Å². The van der Waals surface area contributed by atoms with Gasteiger partial charge in [0.15, 0.2) is 0 Å². The van der Waals surface area contributed by atoms with Gasteiger partial charge in [-0.3, -0.25) is 4.79 Å². The Balaban J connectivity index is 1.71. The molecule has 1 saturated heterocycles. The Morgan fingerprint density at radius 1 is 1.30 bits per heavy atom. The molecule has 3 rings (SSSR count). The lowest BCUT2D eigenvalue weighted by Gasteiger charge is -2.22. The highest BCUT2D eigenvalue weighted by molar-refractivity contribution is 5.95. The first-order valence-corrected chi connectivity index (χ1v) is 9.45. The van der Waals surface area contributed by atoms with Gasteiger partial charge in [-0.1, -0.05) is 19.9 Å². The molecule has 1 aromatic heterocycles. The highest BCUT2D eigenvalue weighted by atomic mass is 16.5. The highest BCUT2D eigenvalue weighted by Gasteiger charge is 2.18. The zero-order chi connectivity index (χ0) is 19.2. The van der Waals surface area contributed by atoms with Crippen LogP contribution in [-0.4, -0.2) is 35.8 Å². The van der Waals surface area contributed by atoms with E-state index in [1.807, 2.05) is 12.1 Å². The minimum absolute atomic E-state index is 0.0819. The van der Waals surface area contributed by atoms with Crippen LogP contribution in [0.25, 0.3) is 0 Å². The van der Waals surface area contributed by atoms with E-state index in [9.17, 15) is 9.90 Å². The second-order valence-corrected chi connectivity index (χ2v) is 7.25. The minimum Gasteiger partial charge on any atom is -0.508 e. The highest BCUT2D eigenvalue weighted by Crippen LogP contribution is 2.25. The van der Waals surface area contributed by atoms with E-state index in [1.54, 1.807) is 24.4 Å². The van der Waals surface area contributed by atoms with Crippen LogP contribution in [0.1, 0.15) is 48.5 Å². The molecule has 0 unspecified atom stereocenters. The summed E-state index contributed by atoms with van der Waals surface area (Å²) in [4.78, 5) is 17.1. The number of amides is 1. The standard InChI is InChI=1S/C21H27N3O3/c1-14(2)18-11-20(24-16-4-3-5-17(25)10-16)22-13-19(18)21(26)23-12-15-6-8-27-9-7-15/h3-5,10-11,13-15,25H,6-9,12H2,1-2H3,(H,22,24)(H,23,26). The Morgan fingerprint density at radius 2 is 2.07 bits per heavy atom.